The number of nitrogens with two attached hydrogens (primary N) is 1. The van der Waals surface area contributed by atoms with Crippen molar-refractivity contribution in [3.05, 3.63) is 78.4 Å². The highest BCUT2D eigenvalue weighted by Crippen LogP contribution is 2.26. The number of carbonyl (C=O) groups excluding carboxylic acids is 2. The number of nitrogens with one attached hydrogen (secondary N) is 2. The molecular weight excluding hydrogens is 434 g/mol. The van der Waals surface area contributed by atoms with Gasteiger partial charge in [-0.05, 0) is 60.0 Å². The number of hydrazine groups is 1. The lowest BCUT2D eigenvalue weighted by Crippen LogP contribution is -2.44. The molecule has 1 atom stereocenters. The first-order valence-corrected chi connectivity index (χ1v) is 10.4. The number of hydrogen-bond donors (Lipinski definition) is 4. The molecule has 0 aliphatic carbocycles. The predicted molar refractivity (Wildman–Crippen MR) is 129 cm³/mol. The Kier molecular flexibility index (Phi) is 7.63. The maximum Gasteiger partial charge on any atom is 0.251 e. The van der Waals surface area contributed by atoms with Crippen LogP contribution in [0.1, 0.15) is 22.3 Å². The van der Waals surface area contributed by atoms with E-state index in [0.29, 0.717) is 29.9 Å². The Bertz CT molecular complexity index is 1160. The van der Waals surface area contributed by atoms with Crippen LogP contribution < -0.4 is 21.6 Å². The molecule has 0 radical (unpaired) electrons. The van der Waals surface area contributed by atoms with Crippen LogP contribution in [0.25, 0.3) is 5.57 Å². The van der Waals surface area contributed by atoms with Gasteiger partial charge in [-0.1, -0.05) is 24.8 Å². The number of nitriles is 1. The summed E-state index contributed by atoms with van der Waals surface area (Å²) in [7, 11) is 1.55. The van der Waals surface area contributed by atoms with Gasteiger partial charge < -0.3 is 16.0 Å². The highest BCUT2D eigenvalue weighted by Gasteiger charge is 2.26. The van der Waals surface area contributed by atoms with Gasteiger partial charge in [-0.25, -0.2) is 10.4 Å². The molecule has 0 saturated heterocycles. The number of benzene rings is 2. The van der Waals surface area contributed by atoms with Crippen molar-refractivity contribution in [1.82, 2.24) is 15.6 Å². The van der Waals surface area contributed by atoms with E-state index in [1.807, 2.05) is 6.08 Å². The normalized spacial score (nSPS) is 15.6. The minimum Gasteiger partial charge on any atom is -0.368 e. The zero-order chi connectivity index (χ0) is 24.7. The Morgan fingerprint density at radius 2 is 1.94 bits per heavy atom. The van der Waals surface area contributed by atoms with Crippen molar-refractivity contribution in [3.8, 4) is 6.07 Å². The maximum absolute atomic E-state index is 12.1. The lowest BCUT2D eigenvalue weighted by Gasteiger charge is -2.31. The van der Waals surface area contributed by atoms with E-state index in [0.717, 1.165) is 16.3 Å². The van der Waals surface area contributed by atoms with Gasteiger partial charge in [0.15, 0.2) is 0 Å². The fourth-order valence-corrected chi connectivity index (χ4v) is 3.41. The molecule has 5 N–H and O–H groups in total. The average Bonchev–Trinajstić information content (AvgIpc) is 2.87. The van der Waals surface area contributed by atoms with Crippen LogP contribution in [0.5, 0.6) is 0 Å². The van der Waals surface area contributed by atoms with E-state index in [4.69, 9.17) is 5.73 Å². The van der Waals surface area contributed by atoms with Crippen molar-refractivity contribution in [2.45, 2.75) is 12.5 Å². The Balaban J connectivity index is 1.66. The van der Waals surface area contributed by atoms with Crippen molar-refractivity contribution in [2.75, 3.05) is 18.8 Å². The van der Waals surface area contributed by atoms with Gasteiger partial charge in [-0.15, -0.1) is 0 Å². The molecule has 34 heavy (non-hydrogen) atoms. The van der Waals surface area contributed by atoms with Crippen LogP contribution >= 0.6 is 0 Å². The Hall–Kier alpha value is -4.62. The first kappa shape index (κ1) is 24.0. The van der Waals surface area contributed by atoms with E-state index in [9.17, 15) is 20.1 Å². The zero-order valence-corrected chi connectivity index (χ0v) is 18.6. The number of aliphatic imine (C=N–C) groups is 1. The summed E-state index contributed by atoms with van der Waals surface area (Å²) in [6.07, 6.45) is 3.57. The minimum atomic E-state index is -0.520. The van der Waals surface area contributed by atoms with E-state index in [2.05, 4.69) is 28.4 Å². The number of nitrogens with zero attached hydrogens (tertiary/aromatic N) is 4. The molecule has 0 spiro atoms. The summed E-state index contributed by atoms with van der Waals surface area (Å²) < 4.78 is 0. The second kappa shape index (κ2) is 10.8. The van der Waals surface area contributed by atoms with Crippen molar-refractivity contribution in [2.24, 2.45) is 10.7 Å². The number of hydrogen-bond acceptors (Lipinski definition) is 6. The highest BCUT2D eigenvalue weighted by atomic mass is 16.5. The summed E-state index contributed by atoms with van der Waals surface area (Å²) in [5.74, 6) is -0.562. The van der Waals surface area contributed by atoms with Crippen LogP contribution in [-0.2, 0) is 4.79 Å². The molecule has 1 aliphatic heterocycles. The molecule has 2 aromatic carbocycles. The maximum atomic E-state index is 12.1. The largest absolute Gasteiger partial charge is 0.368 e. The van der Waals surface area contributed by atoms with Crippen LogP contribution in [0, 0.1) is 11.3 Å². The summed E-state index contributed by atoms with van der Waals surface area (Å²) >= 11 is 0. The lowest BCUT2D eigenvalue weighted by atomic mass is 9.97. The van der Waals surface area contributed by atoms with Gasteiger partial charge in [0.2, 0.25) is 11.9 Å². The first-order valence-electron chi connectivity index (χ1n) is 10.4. The van der Waals surface area contributed by atoms with E-state index in [1.54, 1.807) is 55.6 Å². The monoisotopic (exact) mass is 459 g/mol. The molecule has 3 rings (SSSR count). The van der Waals surface area contributed by atoms with Crippen molar-refractivity contribution in [3.63, 3.8) is 0 Å². The Labute approximate surface area is 197 Å². The van der Waals surface area contributed by atoms with Crippen LogP contribution in [0.2, 0.25) is 0 Å². The second-order valence-electron chi connectivity index (χ2n) is 7.37. The number of carbonyl (C=O) groups is 2. The molecule has 10 heteroatoms. The summed E-state index contributed by atoms with van der Waals surface area (Å²) in [5.41, 5.74) is 11.6. The second-order valence-corrected chi connectivity index (χ2v) is 7.37. The molecule has 2 aromatic rings. The zero-order valence-electron chi connectivity index (χ0n) is 18.6. The van der Waals surface area contributed by atoms with Crippen LogP contribution in [-0.4, -0.2) is 47.5 Å². The fourth-order valence-electron chi connectivity index (χ4n) is 3.41. The summed E-state index contributed by atoms with van der Waals surface area (Å²) in [5, 5.41) is 22.9. The number of amides is 2. The molecule has 0 saturated carbocycles. The Morgan fingerprint density at radius 1 is 1.26 bits per heavy atom. The molecule has 0 fully saturated rings. The van der Waals surface area contributed by atoms with Gasteiger partial charge in [0, 0.05) is 19.2 Å². The number of anilines is 1. The third-order valence-corrected chi connectivity index (χ3v) is 5.22. The topological polar surface area (TPSA) is 147 Å². The minimum absolute atomic E-state index is 0.0598. The van der Waals surface area contributed by atoms with Crippen molar-refractivity contribution < 1.29 is 14.8 Å². The fraction of sp³-hybridized carbons (Fsp3) is 0.167. The third-order valence-electron chi connectivity index (χ3n) is 5.22. The SMILES string of the molecule is C=CC(=O)N1CC(c2ccc(N(O)NC(N)=Nc3ccc(C(=O)NC)cc3)cc2)=CCC1C#N. The van der Waals surface area contributed by atoms with E-state index in [-0.39, 0.29) is 17.8 Å². The van der Waals surface area contributed by atoms with Gasteiger partial charge in [-0.2, -0.15) is 10.4 Å². The van der Waals surface area contributed by atoms with Gasteiger partial charge in [0.1, 0.15) is 6.04 Å². The van der Waals surface area contributed by atoms with E-state index < -0.39 is 6.04 Å². The van der Waals surface area contributed by atoms with E-state index >= 15 is 0 Å². The van der Waals surface area contributed by atoms with E-state index in [1.165, 1.54) is 11.0 Å². The summed E-state index contributed by atoms with van der Waals surface area (Å²) in [6.45, 7) is 3.79. The average molecular weight is 460 g/mol. The molecule has 0 aromatic heterocycles. The standard InChI is InChI=1S/C24H25N7O3/c1-3-22(32)30-15-18(8-13-21(30)14-25)16-6-11-20(12-7-16)31(34)29-24(26)28-19-9-4-17(5-10-19)23(33)27-2/h3-12,21,34H,1,13,15H2,2H3,(H,27,33)(H3,26,28,29). The summed E-state index contributed by atoms with van der Waals surface area (Å²) in [4.78, 5) is 29.3. The van der Waals surface area contributed by atoms with Crippen LogP contribution in [0.3, 0.4) is 0 Å². The third kappa shape index (κ3) is 5.59. The molecule has 0 bridgehead atoms. The smallest absolute Gasteiger partial charge is 0.251 e. The molecule has 1 unspecified atom stereocenters. The van der Waals surface area contributed by atoms with Crippen LogP contribution in [0.15, 0.2) is 72.3 Å². The molecule has 1 heterocycles. The number of guanidine groups is 1. The van der Waals surface area contributed by atoms with Crippen molar-refractivity contribution >= 4 is 34.7 Å². The molecular formula is C24H25N7O3. The highest BCUT2D eigenvalue weighted by molar-refractivity contribution is 5.94. The quantitative estimate of drug-likeness (QED) is 0.224. The van der Waals surface area contributed by atoms with Gasteiger partial charge in [0.05, 0.1) is 17.4 Å². The lowest BCUT2D eigenvalue weighted by molar-refractivity contribution is -0.126. The Morgan fingerprint density at radius 3 is 2.53 bits per heavy atom. The predicted octanol–water partition coefficient (Wildman–Crippen LogP) is 2.09. The van der Waals surface area contributed by atoms with Gasteiger partial charge >= 0.3 is 0 Å². The molecule has 1 aliphatic rings. The van der Waals surface area contributed by atoms with Crippen molar-refractivity contribution in [1.29, 1.82) is 5.26 Å². The molecule has 2 amide bonds. The number of rotatable bonds is 6. The first-order chi connectivity index (χ1) is 16.4. The molecule has 174 valence electrons. The summed E-state index contributed by atoms with van der Waals surface area (Å²) in [6, 6.07) is 15.0. The molecule has 10 nitrogen and oxygen atoms in total. The van der Waals surface area contributed by atoms with Crippen LogP contribution in [0.4, 0.5) is 11.4 Å². The van der Waals surface area contributed by atoms with Gasteiger partial charge in [0.25, 0.3) is 5.91 Å². The van der Waals surface area contributed by atoms with Gasteiger partial charge in [-0.3, -0.25) is 14.8 Å².